The van der Waals surface area contributed by atoms with Crippen molar-refractivity contribution in [1.82, 2.24) is 9.80 Å². The van der Waals surface area contributed by atoms with Crippen LogP contribution in [0.5, 0.6) is 5.75 Å². The van der Waals surface area contributed by atoms with Gasteiger partial charge in [-0.05, 0) is 24.1 Å². The van der Waals surface area contributed by atoms with Crippen molar-refractivity contribution in [1.29, 1.82) is 0 Å². The van der Waals surface area contributed by atoms with E-state index in [1.54, 1.807) is 52.9 Å². The number of benzene rings is 1. The van der Waals surface area contributed by atoms with E-state index in [0.717, 1.165) is 12.0 Å². The van der Waals surface area contributed by atoms with Crippen molar-refractivity contribution >= 4 is 29.5 Å². The van der Waals surface area contributed by atoms with E-state index in [2.05, 4.69) is 0 Å². The van der Waals surface area contributed by atoms with Crippen molar-refractivity contribution in [2.45, 2.75) is 32.4 Å². The van der Waals surface area contributed by atoms with Gasteiger partial charge < -0.3 is 19.6 Å². The van der Waals surface area contributed by atoms with Gasteiger partial charge in [-0.15, -0.1) is 11.8 Å². The minimum absolute atomic E-state index is 0.0317. The van der Waals surface area contributed by atoms with Crippen molar-refractivity contribution in [3.05, 3.63) is 29.8 Å². The lowest BCUT2D eigenvalue weighted by atomic mass is 10.1. The van der Waals surface area contributed by atoms with E-state index in [1.807, 2.05) is 6.92 Å². The lowest BCUT2D eigenvalue weighted by Crippen LogP contribution is -2.47. The second kappa shape index (κ2) is 9.47. The number of carbonyl (C=O) groups excluding carboxylic acids is 2. The van der Waals surface area contributed by atoms with E-state index < -0.39 is 18.6 Å². The minimum Gasteiger partial charge on any atom is -0.482 e. The van der Waals surface area contributed by atoms with Gasteiger partial charge in [0.05, 0.1) is 5.88 Å². The number of carboxylic acid groups (broad SMARTS) is 1. The highest BCUT2D eigenvalue weighted by molar-refractivity contribution is 7.99. The molecule has 1 aliphatic heterocycles. The number of carboxylic acids is 1. The van der Waals surface area contributed by atoms with Gasteiger partial charge in [0.1, 0.15) is 11.8 Å². The maximum Gasteiger partial charge on any atom is 0.341 e. The number of amides is 2. The second-order valence-electron chi connectivity index (χ2n) is 6.15. The first-order valence-corrected chi connectivity index (χ1v) is 9.63. The minimum atomic E-state index is -1.03. The van der Waals surface area contributed by atoms with Crippen LogP contribution in [0.4, 0.5) is 0 Å². The van der Waals surface area contributed by atoms with E-state index in [-0.39, 0.29) is 11.8 Å². The SMILES string of the molecule is CCCC(=O)N1CSCC1C(=O)N(C)Cc1ccc(OCC(=O)O)cc1. The molecule has 142 valence electrons. The van der Waals surface area contributed by atoms with Gasteiger partial charge in [0.2, 0.25) is 11.8 Å². The lowest BCUT2D eigenvalue weighted by Gasteiger charge is -2.27. The average Bonchev–Trinajstić information content (AvgIpc) is 3.10. The normalized spacial score (nSPS) is 16.4. The number of rotatable bonds is 8. The summed E-state index contributed by atoms with van der Waals surface area (Å²) in [5, 5.41) is 8.61. The third-order valence-corrected chi connectivity index (χ3v) is 5.05. The number of carbonyl (C=O) groups is 3. The van der Waals surface area contributed by atoms with Crippen LogP contribution in [0.1, 0.15) is 25.3 Å². The first-order valence-electron chi connectivity index (χ1n) is 8.48. The predicted molar refractivity (Wildman–Crippen MR) is 98.9 cm³/mol. The van der Waals surface area contributed by atoms with Crippen molar-refractivity contribution in [3.8, 4) is 5.75 Å². The van der Waals surface area contributed by atoms with Crippen molar-refractivity contribution in [3.63, 3.8) is 0 Å². The lowest BCUT2D eigenvalue weighted by molar-refractivity contribution is -0.142. The molecule has 1 unspecified atom stereocenters. The molecule has 26 heavy (non-hydrogen) atoms. The molecule has 2 rings (SSSR count). The summed E-state index contributed by atoms with van der Waals surface area (Å²) in [5.74, 6) is 0.596. The number of hydrogen-bond acceptors (Lipinski definition) is 5. The fourth-order valence-corrected chi connectivity index (χ4v) is 3.86. The summed E-state index contributed by atoms with van der Waals surface area (Å²) in [7, 11) is 1.72. The number of likely N-dealkylation sites (N-methyl/N-ethyl adjacent to an activating group) is 1. The Morgan fingerprint density at radius 2 is 2.00 bits per heavy atom. The molecule has 0 aliphatic carbocycles. The molecule has 1 heterocycles. The molecule has 0 aromatic heterocycles. The molecule has 0 bridgehead atoms. The van der Waals surface area contributed by atoms with Crippen LogP contribution in [0.3, 0.4) is 0 Å². The molecule has 1 saturated heterocycles. The highest BCUT2D eigenvalue weighted by atomic mass is 32.2. The van der Waals surface area contributed by atoms with Crippen molar-refractivity contribution in [2.75, 3.05) is 25.3 Å². The van der Waals surface area contributed by atoms with E-state index in [0.29, 0.717) is 30.3 Å². The molecule has 2 amide bonds. The van der Waals surface area contributed by atoms with Gasteiger partial charge in [-0.1, -0.05) is 19.1 Å². The summed E-state index contributed by atoms with van der Waals surface area (Å²) in [6.45, 7) is 1.97. The second-order valence-corrected chi connectivity index (χ2v) is 7.15. The van der Waals surface area contributed by atoms with E-state index in [4.69, 9.17) is 9.84 Å². The Hall–Kier alpha value is -2.22. The number of hydrogen-bond donors (Lipinski definition) is 1. The Labute approximate surface area is 157 Å². The number of thioether (sulfide) groups is 1. The monoisotopic (exact) mass is 380 g/mol. The topological polar surface area (TPSA) is 87.2 Å². The number of ether oxygens (including phenoxy) is 1. The zero-order valence-electron chi connectivity index (χ0n) is 15.0. The number of nitrogens with zero attached hydrogens (tertiary/aromatic N) is 2. The molecule has 1 aromatic rings. The molecule has 0 radical (unpaired) electrons. The largest absolute Gasteiger partial charge is 0.482 e. The van der Waals surface area contributed by atoms with Gasteiger partial charge in [0.25, 0.3) is 0 Å². The molecule has 1 N–H and O–H groups in total. The summed E-state index contributed by atoms with van der Waals surface area (Å²) < 4.78 is 5.09. The van der Waals surface area contributed by atoms with Gasteiger partial charge in [-0.2, -0.15) is 0 Å². The third-order valence-electron chi connectivity index (χ3n) is 4.03. The highest BCUT2D eigenvalue weighted by Crippen LogP contribution is 2.24. The molecular formula is C18H24N2O5S. The van der Waals surface area contributed by atoms with Gasteiger partial charge in [-0.25, -0.2) is 4.79 Å². The van der Waals surface area contributed by atoms with Crippen LogP contribution in [0, 0.1) is 0 Å². The average molecular weight is 380 g/mol. The maximum atomic E-state index is 12.7. The zero-order chi connectivity index (χ0) is 19.1. The fraction of sp³-hybridized carbons (Fsp3) is 0.500. The molecule has 0 saturated carbocycles. The van der Waals surface area contributed by atoms with Crippen LogP contribution >= 0.6 is 11.8 Å². The Morgan fingerprint density at radius 3 is 2.62 bits per heavy atom. The Morgan fingerprint density at radius 1 is 1.31 bits per heavy atom. The van der Waals surface area contributed by atoms with Gasteiger partial charge in [-0.3, -0.25) is 9.59 Å². The van der Waals surface area contributed by atoms with Crippen LogP contribution < -0.4 is 4.74 Å². The Kier molecular flexibility index (Phi) is 7.32. The van der Waals surface area contributed by atoms with Crippen LogP contribution in [0.15, 0.2) is 24.3 Å². The fourth-order valence-electron chi connectivity index (χ4n) is 2.69. The van der Waals surface area contributed by atoms with Crippen molar-refractivity contribution in [2.24, 2.45) is 0 Å². The van der Waals surface area contributed by atoms with Crippen LogP contribution in [0.25, 0.3) is 0 Å². The zero-order valence-corrected chi connectivity index (χ0v) is 15.8. The number of aliphatic carboxylic acids is 1. The first kappa shape index (κ1) is 20.1. The maximum absolute atomic E-state index is 12.7. The third kappa shape index (κ3) is 5.39. The highest BCUT2D eigenvalue weighted by Gasteiger charge is 2.35. The van der Waals surface area contributed by atoms with Crippen molar-refractivity contribution < 1.29 is 24.2 Å². The molecule has 1 fully saturated rings. The van der Waals surface area contributed by atoms with Crippen LogP contribution in [-0.2, 0) is 20.9 Å². The molecule has 1 atom stereocenters. The van der Waals surface area contributed by atoms with Gasteiger partial charge >= 0.3 is 5.97 Å². The summed E-state index contributed by atoms with van der Waals surface area (Å²) in [6.07, 6.45) is 1.24. The smallest absolute Gasteiger partial charge is 0.341 e. The van der Waals surface area contributed by atoms with E-state index >= 15 is 0 Å². The molecule has 7 nitrogen and oxygen atoms in total. The first-order chi connectivity index (χ1) is 12.4. The van der Waals surface area contributed by atoms with Gasteiger partial charge in [0.15, 0.2) is 6.61 Å². The molecule has 0 spiro atoms. The summed E-state index contributed by atoms with van der Waals surface area (Å²) in [5.41, 5.74) is 0.903. The van der Waals surface area contributed by atoms with E-state index in [9.17, 15) is 14.4 Å². The van der Waals surface area contributed by atoms with Gasteiger partial charge in [0, 0.05) is 25.8 Å². The predicted octanol–water partition coefficient (Wildman–Crippen LogP) is 1.81. The van der Waals surface area contributed by atoms with E-state index in [1.165, 1.54) is 0 Å². The molecule has 1 aliphatic rings. The standard InChI is InChI=1S/C18H24N2O5S/c1-3-4-16(21)20-12-26-11-15(20)18(24)19(2)9-13-5-7-14(8-6-13)25-10-17(22)23/h5-8,15H,3-4,9-12H2,1-2H3,(H,22,23). The molecule has 1 aromatic carbocycles. The summed E-state index contributed by atoms with van der Waals surface area (Å²) in [4.78, 5) is 38.7. The van der Waals surface area contributed by atoms with Crippen LogP contribution in [-0.4, -0.2) is 64.0 Å². The Balaban J connectivity index is 1.93. The molecular weight excluding hydrogens is 356 g/mol. The van der Waals surface area contributed by atoms with Crippen LogP contribution in [0.2, 0.25) is 0 Å². The summed E-state index contributed by atoms with van der Waals surface area (Å²) >= 11 is 1.60. The Bertz CT molecular complexity index is 649. The quantitative estimate of drug-likeness (QED) is 0.740. The summed E-state index contributed by atoms with van der Waals surface area (Å²) in [6, 6.07) is 6.55. The molecule has 8 heteroatoms.